The van der Waals surface area contributed by atoms with Gasteiger partial charge in [0.05, 0.1) is 13.2 Å². The zero-order chi connectivity index (χ0) is 15.2. The molecule has 8 heteroatoms. The minimum absolute atomic E-state index is 0.209. The maximum Gasteiger partial charge on any atom is 0.323 e. The Morgan fingerprint density at radius 2 is 2.19 bits per heavy atom. The van der Waals surface area contributed by atoms with Gasteiger partial charge in [-0.2, -0.15) is 0 Å². The van der Waals surface area contributed by atoms with Crippen LogP contribution >= 0.6 is 11.8 Å². The number of thioether (sulfide) groups is 1. The first-order valence-corrected chi connectivity index (χ1v) is 8.35. The van der Waals surface area contributed by atoms with E-state index in [4.69, 9.17) is 4.74 Å². The molecular formula is C13H23N5O2S. The molecule has 0 spiro atoms. The number of carbonyl (C=O) groups is 1. The van der Waals surface area contributed by atoms with Gasteiger partial charge in [0.2, 0.25) is 5.16 Å². The summed E-state index contributed by atoms with van der Waals surface area (Å²) in [5.74, 6) is 0.300. The molecule has 1 aromatic heterocycles. The van der Waals surface area contributed by atoms with Gasteiger partial charge in [0.25, 0.3) is 0 Å². The van der Waals surface area contributed by atoms with Crippen LogP contribution in [0.15, 0.2) is 5.16 Å². The van der Waals surface area contributed by atoms with Crippen molar-refractivity contribution in [3.8, 4) is 0 Å². The van der Waals surface area contributed by atoms with E-state index in [9.17, 15) is 4.79 Å². The second-order valence-corrected chi connectivity index (χ2v) is 6.54. The standard InChI is InChI=1S/C13H23N5O2S/c1-9(2)14-11(12(19)20-3)8-21-13-15-16-17-18(13)10-6-4-5-7-10/h9-11,14H,4-8H2,1-3H3. The molecule has 1 unspecified atom stereocenters. The molecule has 0 aromatic carbocycles. The van der Waals surface area contributed by atoms with Gasteiger partial charge < -0.3 is 10.1 Å². The summed E-state index contributed by atoms with van der Waals surface area (Å²) in [5, 5.41) is 15.9. The van der Waals surface area contributed by atoms with Crippen molar-refractivity contribution in [2.75, 3.05) is 12.9 Å². The number of methoxy groups -OCH3 is 1. The highest BCUT2D eigenvalue weighted by atomic mass is 32.2. The lowest BCUT2D eigenvalue weighted by atomic mass is 10.3. The van der Waals surface area contributed by atoms with Gasteiger partial charge in [0.1, 0.15) is 6.04 Å². The van der Waals surface area contributed by atoms with Crippen LogP contribution in [-0.2, 0) is 9.53 Å². The fraction of sp³-hybridized carbons (Fsp3) is 0.846. The lowest BCUT2D eigenvalue weighted by Gasteiger charge is -2.18. The van der Waals surface area contributed by atoms with Crippen molar-refractivity contribution in [3.05, 3.63) is 0 Å². The molecule has 0 saturated heterocycles. The lowest BCUT2D eigenvalue weighted by molar-refractivity contribution is -0.142. The Morgan fingerprint density at radius 1 is 1.48 bits per heavy atom. The zero-order valence-corrected chi connectivity index (χ0v) is 13.6. The van der Waals surface area contributed by atoms with Crippen LogP contribution in [0.5, 0.6) is 0 Å². The molecule has 1 aliphatic rings. The second kappa shape index (κ2) is 7.74. The van der Waals surface area contributed by atoms with Gasteiger partial charge in [-0.3, -0.25) is 4.79 Å². The van der Waals surface area contributed by atoms with E-state index in [1.807, 2.05) is 18.5 Å². The number of hydrogen-bond acceptors (Lipinski definition) is 7. The maximum absolute atomic E-state index is 11.8. The Morgan fingerprint density at radius 3 is 2.81 bits per heavy atom. The first kappa shape index (κ1) is 16.2. The van der Waals surface area contributed by atoms with Crippen LogP contribution in [0.25, 0.3) is 0 Å². The molecule has 1 atom stereocenters. The molecule has 118 valence electrons. The fourth-order valence-corrected chi connectivity index (χ4v) is 3.51. The summed E-state index contributed by atoms with van der Waals surface area (Å²) in [4.78, 5) is 11.8. The third-order valence-corrected chi connectivity index (χ3v) is 4.56. The molecule has 1 saturated carbocycles. The van der Waals surface area contributed by atoms with Crippen LogP contribution in [0.4, 0.5) is 0 Å². The van der Waals surface area contributed by atoms with Gasteiger partial charge in [-0.1, -0.05) is 38.5 Å². The highest BCUT2D eigenvalue weighted by molar-refractivity contribution is 7.99. The van der Waals surface area contributed by atoms with Crippen LogP contribution in [-0.4, -0.2) is 51.1 Å². The Bertz CT molecular complexity index is 459. The van der Waals surface area contributed by atoms with E-state index >= 15 is 0 Å². The Hall–Kier alpha value is -1.15. The van der Waals surface area contributed by atoms with Crippen molar-refractivity contribution >= 4 is 17.7 Å². The summed E-state index contributed by atoms with van der Waals surface area (Å²) in [5.41, 5.74) is 0. The SMILES string of the molecule is COC(=O)C(CSc1nnnn1C1CCCC1)NC(C)C. The van der Waals surface area contributed by atoms with E-state index in [2.05, 4.69) is 20.8 Å². The van der Waals surface area contributed by atoms with E-state index in [-0.39, 0.29) is 18.1 Å². The predicted octanol–water partition coefficient (Wildman–Crippen LogP) is 1.42. The van der Waals surface area contributed by atoms with Gasteiger partial charge in [-0.25, -0.2) is 4.68 Å². The average Bonchev–Trinajstić information content (AvgIpc) is 3.12. The summed E-state index contributed by atoms with van der Waals surface area (Å²) in [7, 11) is 1.41. The topological polar surface area (TPSA) is 81.9 Å². The molecule has 1 aliphatic carbocycles. The first-order valence-electron chi connectivity index (χ1n) is 7.36. The van der Waals surface area contributed by atoms with E-state index < -0.39 is 0 Å². The smallest absolute Gasteiger partial charge is 0.323 e. The van der Waals surface area contributed by atoms with Crippen molar-refractivity contribution in [1.29, 1.82) is 0 Å². The van der Waals surface area contributed by atoms with Crippen LogP contribution in [0, 0.1) is 0 Å². The molecule has 1 aromatic rings. The molecular weight excluding hydrogens is 290 g/mol. The molecule has 1 N–H and O–H groups in total. The summed E-state index contributed by atoms with van der Waals surface area (Å²) in [6, 6.07) is 0.256. The average molecular weight is 313 g/mol. The Kier molecular flexibility index (Phi) is 5.98. The summed E-state index contributed by atoms with van der Waals surface area (Å²) >= 11 is 1.50. The van der Waals surface area contributed by atoms with Crippen molar-refractivity contribution in [3.63, 3.8) is 0 Å². The van der Waals surface area contributed by atoms with Crippen LogP contribution in [0.1, 0.15) is 45.6 Å². The van der Waals surface area contributed by atoms with Crippen molar-refractivity contribution in [2.45, 2.75) is 62.8 Å². The highest BCUT2D eigenvalue weighted by Crippen LogP contribution is 2.31. The van der Waals surface area contributed by atoms with E-state index in [0.29, 0.717) is 11.8 Å². The first-order chi connectivity index (χ1) is 10.1. The maximum atomic E-state index is 11.8. The van der Waals surface area contributed by atoms with Crippen LogP contribution in [0.3, 0.4) is 0 Å². The number of hydrogen-bond donors (Lipinski definition) is 1. The van der Waals surface area contributed by atoms with Crippen molar-refractivity contribution in [2.24, 2.45) is 0 Å². The molecule has 1 heterocycles. The van der Waals surface area contributed by atoms with Crippen LogP contribution < -0.4 is 5.32 Å². The molecule has 21 heavy (non-hydrogen) atoms. The van der Waals surface area contributed by atoms with E-state index in [1.54, 1.807) is 0 Å². The second-order valence-electron chi connectivity index (χ2n) is 5.55. The Labute approximate surface area is 129 Å². The minimum atomic E-state index is -0.353. The number of esters is 1. The monoisotopic (exact) mass is 313 g/mol. The number of tetrazole rings is 1. The predicted molar refractivity (Wildman–Crippen MR) is 80.1 cm³/mol. The quantitative estimate of drug-likeness (QED) is 0.602. The number of carbonyl (C=O) groups excluding carboxylic acids is 1. The van der Waals surface area contributed by atoms with Crippen molar-refractivity contribution < 1.29 is 9.53 Å². The highest BCUT2D eigenvalue weighted by Gasteiger charge is 2.24. The summed E-state index contributed by atoms with van der Waals surface area (Å²) in [6.45, 7) is 4.01. The lowest BCUT2D eigenvalue weighted by Crippen LogP contribution is -2.43. The number of nitrogens with one attached hydrogen (secondary N) is 1. The molecule has 0 amide bonds. The molecule has 2 rings (SSSR count). The van der Waals surface area contributed by atoms with Gasteiger partial charge in [0.15, 0.2) is 0 Å². The van der Waals surface area contributed by atoms with Gasteiger partial charge in [0, 0.05) is 11.8 Å². The van der Waals surface area contributed by atoms with E-state index in [0.717, 1.165) is 18.0 Å². The normalized spacial score (nSPS) is 17.3. The largest absolute Gasteiger partial charge is 0.468 e. The number of aromatic nitrogens is 4. The summed E-state index contributed by atoms with van der Waals surface area (Å²) in [6.07, 6.45) is 4.72. The van der Waals surface area contributed by atoms with E-state index in [1.165, 1.54) is 31.7 Å². The third-order valence-electron chi connectivity index (χ3n) is 3.53. The molecule has 7 nitrogen and oxygen atoms in total. The van der Waals surface area contributed by atoms with Gasteiger partial charge in [-0.05, 0) is 23.3 Å². The zero-order valence-electron chi connectivity index (χ0n) is 12.8. The fourth-order valence-electron chi connectivity index (χ4n) is 2.55. The van der Waals surface area contributed by atoms with Gasteiger partial charge in [-0.15, -0.1) is 5.10 Å². The molecule has 0 radical (unpaired) electrons. The minimum Gasteiger partial charge on any atom is -0.468 e. The molecule has 0 bridgehead atoms. The number of rotatable bonds is 7. The Balaban J connectivity index is 1.97. The number of ether oxygens (including phenoxy) is 1. The molecule has 0 aliphatic heterocycles. The van der Waals surface area contributed by atoms with Gasteiger partial charge >= 0.3 is 5.97 Å². The number of nitrogens with zero attached hydrogens (tertiary/aromatic N) is 4. The third kappa shape index (κ3) is 4.41. The van der Waals surface area contributed by atoms with Crippen molar-refractivity contribution in [1.82, 2.24) is 25.5 Å². The van der Waals surface area contributed by atoms with Crippen LogP contribution in [0.2, 0.25) is 0 Å². The summed E-state index contributed by atoms with van der Waals surface area (Å²) < 4.78 is 6.74. The molecule has 1 fully saturated rings.